The van der Waals surface area contributed by atoms with Crippen LogP contribution >= 0.6 is 11.7 Å². The highest BCUT2D eigenvalue weighted by Crippen LogP contribution is 2.41. The van der Waals surface area contributed by atoms with E-state index in [0.29, 0.717) is 43.9 Å². The zero-order valence-electron chi connectivity index (χ0n) is 14.4. The fraction of sp³-hybridized carbons (Fsp3) is 0.353. The fourth-order valence-corrected chi connectivity index (χ4v) is 4.22. The summed E-state index contributed by atoms with van der Waals surface area (Å²) in [5.41, 5.74) is 9.62. The first-order valence-electron chi connectivity index (χ1n) is 8.72. The Labute approximate surface area is 158 Å². The maximum atomic E-state index is 12.4. The van der Waals surface area contributed by atoms with Crippen molar-refractivity contribution in [2.75, 3.05) is 42.3 Å². The summed E-state index contributed by atoms with van der Waals surface area (Å²) < 4.78 is 14.1. The largest absolute Gasteiger partial charge is 0.383 e. The van der Waals surface area contributed by atoms with Gasteiger partial charge in [0.15, 0.2) is 0 Å². The maximum Gasteiger partial charge on any atom is 0.229 e. The number of aromatic nitrogens is 4. The van der Waals surface area contributed by atoms with Crippen LogP contribution in [0.25, 0.3) is 11.0 Å². The highest BCUT2D eigenvalue weighted by molar-refractivity contribution is 7.00. The Hall–Kier alpha value is -2.85. The predicted octanol–water partition coefficient (Wildman–Crippen LogP) is 1.37. The molecule has 3 aromatic rings. The van der Waals surface area contributed by atoms with E-state index in [9.17, 15) is 4.79 Å². The topological polar surface area (TPSA) is 119 Å². The van der Waals surface area contributed by atoms with Crippen LogP contribution in [0.2, 0.25) is 0 Å². The molecule has 0 unspecified atom stereocenters. The average molecular weight is 383 g/mol. The van der Waals surface area contributed by atoms with Gasteiger partial charge in [-0.1, -0.05) is 12.1 Å². The number of nitrogens with one attached hydrogen (secondary N) is 1. The summed E-state index contributed by atoms with van der Waals surface area (Å²) in [4.78, 5) is 23.6. The van der Waals surface area contributed by atoms with Crippen molar-refractivity contribution in [1.29, 1.82) is 0 Å². The first kappa shape index (κ1) is 16.3. The number of nitrogens with zero attached hydrogens (tertiary/aromatic N) is 5. The van der Waals surface area contributed by atoms with Crippen molar-refractivity contribution in [3.8, 4) is 0 Å². The number of nitrogens with two attached hydrogens (primary N) is 1. The molecule has 5 rings (SSSR count). The minimum absolute atomic E-state index is 0.0984. The smallest absolute Gasteiger partial charge is 0.229 e. The van der Waals surface area contributed by atoms with Gasteiger partial charge in [0, 0.05) is 31.0 Å². The lowest BCUT2D eigenvalue weighted by atomic mass is 9.85. The first-order valence-corrected chi connectivity index (χ1v) is 9.45. The van der Waals surface area contributed by atoms with Gasteiger partial charge in [0.25, 0.3) is 0 Å². The van der Waals surface area contributed by atoms with Crippen molar-refractivity contribution in [2.24, 2.45) is 0 Å². The number of hydrogen-bond donors (Lipinski definition) is 2. The van der Waals surface area contributed by atoms with E-state index in [1.54, 1.807) is 0 Å². The van der Waals surface area contributed by atoms with E-state index in [1.807, 2.05) is 23.1 Å². The van der Waals surface area contributed by atoms with Gasteiger partial charge in [-0.05, 0) is 11.6 Å². The number of ether oxygens (including phenoxy) is 1. The van der Waals surface area contributed by atoms with Crippen molar-refractivity contribution < 1.29 is 9.53 Å². The lowest BCUT2D eigenvalue weighted by Crippen LogP contribution is -2.38. The van der Waals surface area contributed by atoms with E-state index in [-0.39, 0.29) is 18.2 Å². The van der Waals surface area contributed by atoms with Crippen LogP contribution in [-0.2, 0) is 9.53 Å². The Morgan fingerprint density at radius 2 is 2.07 bits per heavy atom. The maximum absolute atomic E-state index is 12.4. The minimum Gasteiger partial charge on any atom is -0.383 e. The zero-order chi connectivity index (χ0) is 18.4. The van der Waals surface area contributed by atoms with Crippen LogP contribution in [0.1, 0.15) is 23.5 Å². The number of rotatable bonds is 2. The van der Waals surface area contributed by atoms with Gasteiger partial charge in [0.2, 0.25) is 11.9 Å². The molecule has 0 spiro atoms. The Morgan fingerprint density at radius 1 is 1.22 bits per heavy atom. The van der Waals surface area contributed by atoms with Crippen molar-refractivity contribution in [1.82, 2.24) is 18.7 Å². The first-order chi connectivity index (χ1) is 13.2. The second kappa shape index (κ2) is 6.39. The summed E-state index contributed by atoms with van der Waals surface area (Å²) in [7, 11) is 0. The van der Waals surface area contributed by atoms with E-state index < -0.39 is 0 Å². The number of carbonyl (C=O) groups excluding carboxylic acids is 1. The molecule has 1 fully saturated rings. The highest BCUT2D eigenvalue weighted by atomic mass is 32.1. The molecule has 2 aromatic heterocycles. The van der Waals surface area contributed by atoms with Crippen molar-refractivity contribution in [3.05, 3.63) is 29.3 Å². The number of nitrogen functional groups attached to an aromatic ring is 1. The summed E-state index contributed by atoms with van der Waals surface area (Å²) in [5.74, 6) is 1.03. The fourth-order valence-electron chi connectivity index (χ4n) is 3.66. The van der Waals surface area contributed by atoms with E-state index in [2.05, 4.69) is 24.0 Å². The third kappa shape index (κ3) is 2.77. The number of carbonyl (C=O) groups is 1. The summed E-state index contributed by atoms with van der Waals surface area (Å²) in [5, 5.41) is 2.86. The molecule has 2 aliphatic rings. The predicted molar refractivity (Wildman–Crippen MR) is 102 cm³/mol. The Kier molecular flexibility index (Phi) is 3.87. The second-order valence-electron chi connectivity index (χ2n) is 6.55. The van der Waals surface area contributed by atoms with Crippen LogP contribution in [0, 0.1) is 0 Å². The number of hydrogen-bond acceptors (Lipinski definition) is 9. The number of fused-ring (bicyclic) bond motifs is 2. The molecule has 10 heteroatoms. The summed E-state index contributed by atoms with van der Waals surface area (Å²) >= 11 is 1.16. The van der Waals surface area contributed by atoms with Gasteiger partial charge in [-0.15, -0.1) is 0 Å². The number of anilines is 3. The number of benzene rings is 1. The van der Waals surface area contributed by atoms with Gasteiger partial charge in [-0.2, -0.15) is 18.7 Å². The van der Waals surface area contributed by atoms with E-state index in [4.69, 9.17) is 10.5 Å². The third-order valence-corrected chi connectivity index (χ3v) is 5.49. The summed E-state index contributed by atoms with van der Waals surface area (Å²) in [6, 6.07) is 5.80. The third-order valence-electron chi connectivity index (χ3n) is 4.95. The SMILES string of the molecule is Nc1nc(N2CCOCC2)nc2c1[C@H](c1cccc3nsnc13)CC(=O)N2. The van der Waals surface area contributed by atoms with Crippen LogP contribution < -0.4 is 16.0 Å². The summed E-state index contributed by atoms with van der Waals surface area (Å²) in [6.45, 7) is 2.63. The molecule has 1 amide bonds. The summed E-state index contributed by atoms with van der Waals surface area (Å²) in [6.07, 6.45) is 0.272. The van der Waals surface area contributed by atoms with Crippen molar-refractivity contribution >= 4 is 46.3 Å². The minimum atomic E-state index is -0.250. The molecule has 4 heterocycles. The quantitative estimate of drug-likeness (QED) is 0.681. The van der Waals surface area contributed by atoms with Gasteiger partial charge in [-0.25, -0.2) is 0 Å². The molecule has 3 N–H and O–H groups in total. The molecule has 0 aliphatic carbocycles. The van der Waals surface area contributed by atoms with Gasteiger partial charge in [0.05, 0.1) is 24.9 Å². The standard InChI is InChI=1S/C17H17N7O2S/c18-15-13-10(9-2-1-3-11-14(9)23-27-22-11)8-12(25)19-16(13)21-17(20-15)24-4-6-26-7-5-24/h1-3,10H,4-8H2,(H3,18,19,20,21,25)/t10-/m0/s1. The number of morpholine rings is 1. The molecule has 27 heavy (non-hydrogen) atoms. The normalized spacial score (nSPS) is 19.8. The van der Waals surface area contributed by atoms with Crippen molar-refractivity contribution in [3.63, 3.8) is 0 Å². The molecule has 9 nitrogen and oxygen atoms in total. The molecule has 1 atom stereocenters. The molecular weight excluding hydrogens is 366 g/mol. The van der Waals surface area contributed by atoms with E-state index in [0.717, 1.165) is 33.9 Å². The average Bonchev–Trinajstić information content (AvgIpc) is 3.16. The molecule has 0 bridgehead atoms. The second-order valence-corrected chi connectivity index (χ2v) is 7.08. The molecule has 138 valence electrons. The van der Waals surface area contributed by atoms with Crippen molar-refractivity contribution in [2.45, 2.75) is 12.3 Å². The highest BCUT2D eigenvalue weighted by Gasteiger charge is 2.33. The van der Waals surface area contributed by atoms with Crippen LogP contribution in [0.3, 0.4) is 0 Å². The lowest BCUT2D eigenvalue weighted by Gasteiger charge is -2.30. The molecule has 2 aliphatic heterocycles. The Bertz CT molecular complexity index is 1030. The van der Waals surface area contributed by atoms with E-state index in [1.165, 1.54) is 0 Å². The number of amides is 1. The van der Waals surface area contributed by atoms with Crippen LogP contribution in [-0.4, -0.2) is 50.9 Å². The molecular formula is C17H17N7O2S. The van der Waals surface area contributed by atoms with Gasteiger partial charge < -0.3 is 20.7 Å². The molecule has 1 saturated heterocycles. The lowest BCUT2D eigenvalue weighted by molar-refractivity contribution is -0.116. The Balaban J connectivity index is 1.63. The van der Waals surface area contributed by atoms with Crippen LogP contribution in [0.4, 0.5) is 17.6 Å². The monoisotopic (exact) mass is 383 g/mol. The Morgan fingerprint density at radius 3 is 2.93 bits per heavy atom. The van der Waals surface area contributed by atoms with Crippen LogP contribution in [0.5, 0.6) is 0 Å². The van der Waals surface area contributed by atoms with E-state index >= 15 is 0 Å². The van der Waals surface area contributed by atoms with Gasteiger partial charge >= 0.3 is 0 Å². The molecule has 1 aromatic carbocycles. The zero-order valence-corrected chi connectivity index (χ0v) is 15.2. The molecule has 0 radical (unpaired) electrons. The van der Waals surface area contributed by atoms with Gasteiger partial charge in [0.1, 0.15) is 22.7 Å². The molecule has 0 saturated carbocycles. The van der Waals surface area contributed by atoms with Gasteiger partial charge in [-0.3, -0.25) is 4.79 Å². The van der Waals surface area contributed by atoms with Crippen LogP contribution in [0.15, 0.2) is 18.2 Å².